The summed E-state index contributed by atoms with van der Waals surface area (Å²) in [7, 11) is 0. The van der Waals surface area contributed by atoms with Gasteiger partial charge in [0.1, 0.15) is 14.7 Å². The van der Waals surface area contributed by atoms with Crippen LogP contribution in [0.5, 0.6) is 0 Å². The lowest BCUT2D eigenvalue weighted by atomic mass is 10.6. The minimum absolute atomic E-state index is 0.382. The predicted molar refractivity (Wildman–Crippen MR) is 50.3 cm³/mol. The smallest absolute Gasteiger partial charge is 0.121 e. The fourth-order valence-electron chi connectivity index (χ4n) is 0.973. The Kier molecular flexibility index (Phi) is 2.36. The van der Waals surface area contributed by atoms with Crippen molar-refractivity contribution in [2.45, 2.75) is 5.37 Å². The lowest BCUT2D eigenvalue weighted by Crippen LogP contribution is -2.11. The molecule has 1 aromatic rings. The Labute approximate surface area is 78.4 Å². The minimum atomic E-state index is 0.382. The van der Waals surface area contributed by atoms with Gasteiger partial charge in [-0.05, 0) is 0 Å². The molecule has 1 N–H and O–H groups in total. The first-order valence-electron chi connectivity index (χ1n) is 3.32. The molecule has 2 nitrogen and oxygen atoms in total. The van der Waals surface area contributed by atoms with E-state index >= 15 is 0 Å². The minimum Gasteiger partial charge on any atom is -0.299 e. The quantitative estimate of drug-likeness (QED) is 0.762. The summed E-state index contributed by atoms with van der Waals surface area (Å²) in [6, 6.07) is 0. The summed E-state index contributed by atoms with van der Waals surface area (Å²) in [5, 5.41) is 4.82. The number of nitrogens with one attached hydrogen (secondary N) is 1. The monoisotopic (exact) mass is 206 g/mol. The van der Waals surface area contributed by atoms with Crippen LogP contribution in [0.4, 0.5) is 0 Å². The van der Waals surface area contributed by atoms with Gasteiger partial charge in [0.2, 0.25) is 0 Å². The molecule has 1 aromatic heterocycles. The van der Waals surface area contributed by atoms with Crippen LogP contribution in [0.15, 0.2) is 6.20 Å². The number of thiazole rings is 1. The standard InChI is InChI=1S/C6H7ClN2S2/c7-4-3-9-6(11-4)5-8-1-2-10-5/h3,5,8H,1-2H2. The van der Waals surface area contributed by atoms with Crippen LogP contribution in [0.2, 0.25) is 4.34 Å². The van der Waals surface area contributed by atoms with E-state index in [9.17, 15) is 0 Å². The summed E-state index contributed by atoms with van der Waals surface area (Å²) in [4.78, 5) is 4.20. The second-order valence-corrected chi connectivity index (χ2v) is 5.11. The fourth-order valence-corrected chi connectivity index (χ4v) is 3.12. The highest BCUT2D eigenvalue weighted by molar-refractivity contribution is 7.99. The third kappa shape index (κ3) is 1.69. The summed E-state index contributed by atoms with van der Waals surface area (Å²) in [6.45, 7) is 1.08. The van der Waals surface area contributed by atoms with Crippen molar-refractivity contribution in [3.8, 4) is 0 Å². The molecule has 0 radical (unpaired) electrons. The molecule has 2 rings (SSSR count). The molecule has 0 amide bonds. The van der Waals surface area contributed by atoms with Crippen molar-refractivity contribution >= 4 is 34.7 Å². The molecule has 1 aliphatic heterocycles. The van der Waals surface area contributed by atoms with E-state index in [-0.39, 0.29) is 0 Å². The van der Waals surface area contributed by atoms with Gasteiger partial charge in [-0.15, -0.1) is 23.1 Å². The van der Waals surface area contributed by atoms with Gasteiger partial charge in [-0.3, -0.25) is 5.32 Å². The zero-order valence-electron chi connectivity index (χ0n) is 5.71. The van der Waals surface area contributed by atoms with Gasteiger partial charge in [-0.2, -0.15) is 0 Å². The van der Waals surface area contributed by atoms with E-state index in [4.69, 9.17) is 11.6 Å². The summed E-state index contributed by atoms with van der Waals surface area (Å²) in [5.74, 6) is 1.17. The molecule has 1 unspecified atom stereocenters. The molecule has 60 valence electrons. The summed E-state index contributed by atoms with van der Waals surface area (Å²) in [6.07, 6.45) is 1.71. The molecule has 1 saturated heterocycles. The second kappa shape index (κ2) is 3.31. The van der Waals surface area contributed by atoms with E-state index in [0.29, 0.717) is 5.37 Å². The molecule has 0 saturated carbocycles. The van der Waals surface area contributed by atoms with E-state index in [1.54, 1.807) is 17.5 Å². The Morgan fingerprint density at radius 2 is 2.64 bits per heavy atom. The zero-order chi connectivity index (χ0) is 7.68. The van der Waals surface area contributed by atoms with Gasteiger partial charge in [-0.1, -0.05) is 11.6 Å². The number of rotatable bonds is 1. The van der Waals surface area contributed by atoms with Gasteiger partial charge < -0.3 is 0 Å². The molecule has 0 bridgehead atoms. The van der Waals surface area contributed by atoms with E-state index < -0.39 is 0 Å². The van der Waals surface area contributed by atoms with Crippen LogP contribution >= 0.6 is 34.7 Å². The number of hydrogen-bond acceptors (Lipinski definition) is 4. The second-order valence-electron chi connectivity index (χ2n) is 2.21. The number of nitrogens with zero attached hydrogens (tertiary/aromatic N) is 1. The Balaban J connectivity index is 2.15. The average Bonchev–Trinajstić information content (AvgIpc) is 2.55. The van der Waals surface area contributed by atoms with Crippen molar-refractivity contribution < 1.29 is 0 Å². The van der Waals surface area contributed by atoms with Crippen LogP contribution in [-0.4, -0.2) is 17.3 Å². The maximum Gasteiger partial charge on any atom is 0.121 e. The molecule has 0 aromatic carbocycles. The maximum atomic E-state index is 5.76. The molecular weight excluding hydrogens is 200 g/mol. The van der Waals surface area contributed by atoms with Gasteiger partial charge in [0.05, 0.1) is 6.20 Å². The zero-order valence-corrected chi connectivity index (χ0v) is 8.10. The van der Waals surface area contributed by atoms with E-state index in [2.05, 4.69) is 10.3 Å². The van der Waals surface area contributed by atoms with E-state index in [0.717, 1.165) is 15.9 Å². The van der Waals surface area contributed by atoms with Crippen molar-refractivity contribution in [2.75, 3.05) is 12.3 Å². The molecule has 0 spiro atoms. The highest BCUT2D eigenvalue weighted by Gasteiger charge is 2.19. The average molecular weight is 207 g/mol. The van der Waals surface area contributed by atoms with Gasteiger partial charge in [0, 0.05) is 12.3 Å². The third-order valence-corrected chi connectivity index (χ3v) is 3.93. The van der Waals surface area contributed by atoms with Crippen LogP contribution < -0.4 is 5.32 Å². The van der Waals surface area contributed by atoms with Crippen LogP contribution in [0, 0.1) is 0 Å². The normalized spacial score (nSPS) is 24.3. The first-order chi connectivity index (χ1) is 5.36. The Morgan fingerprint density at radius 1 is 1.73 bits per heavy atom. The predicted octanol–water partition coefficient (Wildman–Crippen LogP) is 2.13. The SMILES string of the molecule is Clc1cnc(C2NCCS2)s1. The molecule has 1 fully saturated rings. The van der Waals surface area contributed by atoms with Crippen molar-refractivity contribution in [3.63, 3.8) is 0 Å². The molecule has 1 atom stereocenters. The highest BCUT2D eigenvalue weighted by Crippen LogP contribution is 2.33. The lowest BCUT2D eigenvalue weighted by Gasteiger charge is -2.02. The van der Waals surface area contributed by atoms with Crippen LogP contribution in [-0.2, 0) is 0 Å². The third-order valence-electron chi connectivity index (χ3n) is 1.44. The van der Waals surface area contributed by atoms with Crippen molar-refractivity contribution in [2.24, 2.45) is 0 Å². The first-order valence-corrected chi connectivity index (χ1v) is 5.57. The lowest BCUT2D eigenvalue weighted by molar-refractivity contribution is 0.746. The van der Waals surface area contributed by atoms with Crippen LogP contribution in [0.25, 0.3) is 0 Å². The van der Waals surface area contributed by atoms with Crippen LogP contribution in [0.1, 0.15) is 10.4 Å². The number of halogens is 1. The van der Waals surface area contributed by atoms with Crippen molar-refractivity contribution in [1.82, 2.24) is 10.3 Å². The topological polar surface area (TPSA) is 24.9 Å². The number of aromatic nitrogens is 1. The molecule has 2 heterocycles. The number of thioether (sulfide) groups is 1. The Morgan fingerprint density at radius 3 is 3.18 bits per heavy atom. The van der Waals surface area contributed by atoms with Gasteiger partial charge in [-0.25, -0.2) is 4.98 Å². The summed E-state index contributed by atoms with van der Waals surface area (Å²) >= 11 is 9.20. The van der Waals surface area contributed by atoms with E-state index in [1.165, 1.54) is 5.75 Å². The summed E-state index contributed by atoms with van der Waals surface area (Å²) < 4.78 is 0.773. The first kappa shape index (κ1) is 7.86. The highest BCUT2D eigenvalue weighted by atomic mass is 35.5. The Hall–Kier alpha value is 0.230. The molecule has 0 aliphatic carbocycles. The van der Waals surface area contributed by atoms with Gasteiger partial charge in [0.25, 0.3) is 0 Å². The van der Waals surface area contributed by atoms with Gasteiger partial charge >= 0.3 is 0 Å². The number of hydrogen-bond donors (Lipinski definition) is 1. The van der Waals surface area contributed by atoms with Crippen molar-refractivity contribution in [1.29, 1.82) is 0 Å². The van der Waals surface area contributed by atoms with E-state index in [1.807, 2.05) is 11.8 Å². The molecular formula is C6H7ClN2S2. The Bertz CT molecular complexity index is 244. The molecule has 5 heteroatoms. The van der Waals surface area contributed by atoms with Crippen molar-refractivity contribution in [3.05, 3.63) is 15.5 Å². The van der Waals surface area contributed by atoms with Gasteiger partial charge in [0.15, 0.2) is 0 Å². The summed E-state index contributed by atoms with van der Waals surface area (Å²) in [5.41, 5.74) is 0. The maximum absolute atomic E-state index is 5.76. The molecule has 11 heavy (non-hydrogen) atoms. The largest absolute Gasteiger partial charge is 0.299 e. The van der Waals surface area contributed by atoms with Crippen LogP contribution in [0.3, 0.4) is 0 Å². The molecule has 1 aliphatic rings. The fraction of sp³-hybridized carbons (Fsp3) is 0.500.